The maximum absolute atomic E-state index is 13.6. The molecule has 2 unspecified atom stereocenters. The fraction of sp³-hybridized carbons (Fsp3) is 0.472. The summed E-state index contributed by atoms with van der Waals surface area (Å²) in [7, 11) is 0. The van der Waals surface area contributed by atoms with Crippen molar-refractivity contribution < 1.29 is 19.2 Å². The van der Waals surface area contributed by atoms with E-state index < -0.39 is 5.92 Å². The highest BCUT2D eigenvalue weighted by Gasteiger charge is 2.46. The van der Waals surface area contributed by atoms with Gasteiger partial charge in [-0.3, -0.25) is 28.8 Å². The molecule has 5 heterocycles. The third-order valence-corrected chi connectivity index (χ3v) is 10.5. The number of rotatable bonds is 7. The zero-order chi connectivity index (χ0) is 32.7. The number of amides is 2. The van der Waals surface area contributed by atoms with E-state index in [1.54, 1.807) is 18.5 Å². The summed E-state index contributed by atoms with van der Waals surface area (Å²) < 4.78 is 2.03. The number of aromatic nitrogens is 4. The van der Waals surface area contributed by atoms with Crippen molar-refractivity contribution in [3.8, 4) is 0 Å². The van der Waals surface area contributed by atoms with Gasteiger partial charge in [-0.15, -0.1) is 0 Å². The number of piperidine rings is 3. The monoisotopic (exact) mass is 635 g/mol. The molecule has 3 saturated heterocycles. The number of Topliss-reactive ketones (excluding diaryl/α,β-unsaturated/α-hetero) is 2. The minimum absolute atomic E-state index is 0.0520. The van der Waals surface area contributed by atoms with E-state index in [9.17, 15) is 19.2 Å². The lowest BCUT2D eigenvalue weighted by Gasteiger charge is -2.37. The number of hydrogen-bond donors (Lipinski definition) is 1. The molecule has 244 valence electrons. The second kappa shape index (κ2) is 12.8. The molecule has 2 atom stereocenters. The molecule has 1 aliphatic carbocycles. The largest absolute Gasteiger partial charge is 0.355 e. The van der Waals surface area contributed by atoms with Crippen molar-refractivity contribution in [1.29, 1.82) is 0 Å². The van der Waals surface area contributed by atoms with Crippen LogP contribution in [0.15, 0.2) is 55.3 Å². The highest BCUT2D eigenvalue weighted by Crippen LogP contribution is 2.39. The Morgan fingerprint density at radius 1 is 0.957 bits per heavy atom. The van der Waals surface area contributed by atoms with Gasteiger partial charge in [0.1, 0.15) is 5.82 Å². The van der Waals surface area contributed by atoms with E-state index in [1.807, 2.05) is 34.8 Å². The number of nitrogens with zero attached hydrogens (tertiary/aromatic N) is 6. The first-order valence-electron chi connectivity index (χ1n) is 16.8. The average molecular weight is 636 g/mol. The summed E-state index contributed by atoms with van der Waals surface area (Å²) in [6.07, 6.45) is 13.0. The van der Waals surface area contributed by atoms with Gasteiger partial charge < -0.3 is 15.1 Å². The second-order valence-electron chi connectivity index (χ2n) is 13.4. The van der Waals surface area contributed by atoms with Crippen molar-refractivity contribution in [2.24, 2.45) is 17.8 Å². The summed E-state index contributed by atoms with van der Waals surface area (Å²) in [5.74, 6) is -0.441. The normalized spacial score (nSPS) is 22.5. The third-order valence-electron chi connectivity index (χ3n) is 10.5. The maximum Gasteiger partial charge on any atom is 0.225 e. The average Bonchev–Trinajstić information content (AvgIpc) is 3.66. The molecule has 2 amide bonds. The second-order valence-corrected chi connectivity index (χ2v) is 13.4. The van der Waals surface area contributed by atoms with E-state index in [2.05, 4.69) is 38.1 Å². The number of benzene rings is 1. The van der Waals surface area contributed by atoms with E-state index in [0.29, 0.717) is 36.1 Å². The van der Waals surface area contributed by atoms with Gasteiger partial charge in [0.2, 0.25) is 11.8 Å². The lowest BCUT2D eigenvalue weighted by atomic mass is 9.80. The Balaban J connectivity index is 0.918. The summed E-state index contributed by atoms with van der Waals surface area (Å²) in [5, 5.41) is 7.40. The lowest BCUT2D eigenvalue weighted by Crippen LogP contribution is -2.46. The quantitative estimate of drug-likeness (QED) is 0.387. The zero-order valence-corrected chi connectivity index (χ0v) is 26.9. The van der Waals surface area contributed by atoms with Gasteiger partial charge in [0.15, 0.2) is 11.6 Å². The molecule has 0 bridgehead atoms. The molecule has 1 aromatic carbocycles. The highest BCUT2D eigenvalue weighted by atomic mass is 16.2. The minimum atomic E-state index is -0.818. The number of hydrogen-bond acceptors (Lipinski definition) is 8. The van der Waals surface area contributed by atoms with Crippen LogP contribution >= 0.6 is 0 Å². The molecule has 7 rings (SSSR count). The molecular weight excluding hydrogens is 594 g/mol. The van der Waals surface area contributed by atoms with Gasteiger partial charge >= 0.3 is 0 Å². The van der Waals surface area contributed by atoms with Crippen LogP contribution in [-0.4, -0.2) is 74.2 Å². The van der Waals surface area contributed by atoms with Gasteiger partial charge in [0.25, 0.3) is 0 Å². The predicted molar refractivity (Wildman–Crippen MR) is 175 cm³/mol. The van der Waals surface area contributed by atoms with E-state index >= 15 is 0 Å². The lowest BCUT2D eigenvalue weighted by molar-refractivity contribution is -0.137. The number of likely N-dealkylation sites (tertiary alicyclic amines) is 1. The third kappa shape index (κ3) is 6.11. The van der Waals surface area contributed by atoms with Crippen LogP contribution < -0.4 is 10.2 Å². The fourth-order valence-corrected chi connectivity index (χ4v) is 7.83. The number of carbonyl (C=O) groups excluding carboxylic acids is 4. The van der Waals surface area contributed by atoms with Crippen LogP contribution in [0, 0.1) is 24.7 Å². The molecule has 4 aliphatic rings. The van der Waals surface area contributed by atoms with Crippen molar-refractivity contribution in [2.75, 3.05) is 31.1 Å². The molecule has 11 heteroatoms. The molecule has 0 spiro atoms. The van der Waals surface area contributed by atoms with Gasteiger partial charge in [-0.05, 0) is 63.0 Å². The summed E-state index contributed by atoms with van der Waals surface area (Å²) >= 11 is 0. The highest BCUT2D eigenvalue weighted by molar-refractivity contribution is 6.27. The maximum atomic E-state index is 13.6. The Hall–Kier alpha value is -4.67. The van der Waals surface area contributed by atoms with Gasteiger partial charge in [0.05, 0.1) is 30.0 Å². The number of anilines is 1. The Morgan fingerprint density at radius 3 is 2.49 bits per heavy atom. The first kappa shape index (κ1) is 31.0. The number of carbonyl (C=O) groups is 4. The van der Waals surface area contributed by atoms with Crippen molar-refractivity contribution in [3.05, 3.63) is 83.2 Å². The summed E-state index contributed by atoms with van der Waals surface area (Å²) in [5.41, 5.74) is 4.29. The molecule has 0 saturated carbocycles. The Bertz CT molecular complexity index is 1730. The number of ketones is 2. The van der Waals surface area contributed by atoms with E-state index in [4.69, 9.17) is 0 Å². The van der Waals surface area contributed by atoms with Gasteiger partial charge in [0, 0.05) is 73.7 Å². The van der Waals surface area contributed by atoms with Crippen LogP contribution in [0.25, 0.3) is 0 Å². The molecule has 3 aliphatic heterocycles. The molecule has 1 N–H and O–H groups in total. The number of allylic oxidation sites excluding steroid dienone is 1. The van der Waals surface area contributed by atoms with Gasteiger partial charge in [-0.25, -0.2) is 4.98 Å². The number of nitrogens with one attached hydrogen (secondary N) is 1. The van der Waals surface area contributed by atoms with Crippen molar-refractivity contribution in [3.63, 3.8) is 0 Å². The van der Waals surface area contributed by atoms with Crippen molar-refractivity contribution in [1.82, 2.24) is 30.0 Å². The van der Waals surface area contributed by atoms with Crippen molar-refractivity contribution >= 4 is 29.2 Å². The zero-order valence-electron chi connectivity index (χ0n) is 26.9. The first-order chi connectivity index (χ1) is 22.8. The number of fused-ring (bicyclic) bond motifs is 1. The molecule has 11 nitrogen and oxygen atoms in total. The van der Waals surface area contributed by atoms with Crippen LogP contribution in [0.2, 0.25) is 0 Å². The summed E-state index contributed by atoms with van der Waals surface area (Å²) in [6.45, 7) is 8.97. The fourth-order valence-electron chi connectivity index (χ4n) is 7.83. The molecular formula is C36H41N7O4. The standard InChI is InChI=1S/C36H41N7O4/c1-22-18-37-20-30(39-22)41-14-10-26(11-15-41)36(47)42-16-12-27(13-17-42)43-21-24(19-38-43)6-7-25-4-3-5-29-32(25)35(46)33(34(29)45)28-8-9-31(44)40-23(28)2/h3-5,18-21,26-28,33H,2,6-17H2,1H3,(H,40,44). The van der Waals surface area contributed by atoms with Crippen LogP contribution in [0.5, 0.6) is 0 Å². The molecule has 2 aromatic heterocycles. The smallest absolute Gasteiger partial charge is 0.225 e. The first-order valence-corrected chi connectivity index (χ1v) is 16.8. The van der Waals surface area contributed by atoms with Crippen molar-refractivity contribution in [2.45, 2.75) is 64.3 Å². The van der Waals surface area contributed by atoms with Crippen LogP contribution in [0.1, 0.15) is 82.1 Å². The van der Waals surface area contributed by atoms with Crippen LogP contribution in [-0.2, 0) is 22.4 Å². The molecule has 47 heavy (non-hydrogen) atoms. The Kier molecular flexibility index (Phi) is 8.46. The van der Waals surface area contributed by atoms with Crippen LogP contribution in [0.3, 0.4) is 0 Å². The van der Waals surface area contributed by atoms with E-state index in [-0.39, 0.29) is 47.7 Å². The summed E-state index contributed by atoms with van der Waals surface area (Å²) in [4.78, 5) is 65.2. The molecule has 0 radical (unpaired) electrons. The van der Waals surface area contributed by atoms with E-state index in [0.717, 1.165) is 74.5 Å². The van der Waals surface area contributed by atoms with Gasteiger partial charge in [-0.1, -0.05) is 24.8 Å². The Morgan fingerprint density at radius 2 is 1.74 bits per heavy atom. The number of aryl methyl sites for hydroxylation is 3. The molecule has 3 aromatic rings. The van der Waals surface area contributed by atoms with E-state index in [1.165, 1.54) is 0 Å². The predicted octanol–water partition coefficient (Wildman–Crippen LogP) is 3.88. The van der Waals surface area contributed by atoms with Crippen LogP contribution in [0.4, 0.5) is 5.82 Å². The van der Waals surface area contributed by atoms with Gasteiger partial charge in [-0.2, -0.15) is 5.10 Å². The summed E-state index contributed by atoms with van der Waals surface area (Å²) in [6, 6.07) is 5.75. The Labute approximate surface area is 274 Å². The minimum Gasteiger partial charge on any atom is -0.355 e. The SMILES string of the molecule is C=C1NC(=O)CCC1C1C(=O)c2cccc(CCc3cnn(C4CCN(C(=O)C5CCN(c6cncc(C)n6)CC5)CC4)c3)c2C1=O. The topological polar surface area (TPSA) is 130 Å². The molecule has 3 fully saturated rings.